The number of aryl methyl sites for hydroxylation is 1. The summed E-state index contributed by atoms with van der Waals surface area (Å²) in [7, 11) is 0. The van der Waals surface area contributed by atoms with Crippen LogP contribution in [0.3, 0.4) is 0 Å². The molecule has 0 saturated heterocycles. The maximum absolute atomic E-state index is 14.3. The summed E-state index contributed by atoms with van der Waals surface area (Å²) in [6.45, 7) is 1.89. The van der Waals surface area contributed by atoms with Crippen LogP contribution in [0, 0.1) is 6.92 Å². The van der Waals surface area contributed by atoms with Crippen molar-refractivity contribution >= 4 is 17.6 Å². The molecule has 2 atom stereocenters. The Morgan fingerprint density at radius 2 is 0.957 bits per heavy atom. The number of nitrogens with two attached hydrogens (primary N) is 1. The molecule has 0 aliphatic carbocycles. The molecule has 0 aromatic heterocycles. The molecule has 0 spiro atoms. The lowest BCUT2D eigenvalue weighted by Gasteiger charge is -2.38. The summed E-state index contributed by atoms with van der Waals surface area (Å²) < 4.78 is 13.5. The van der Waals surface area contributed by atoms with Crippen LogP contribution in [0.1, 0.15) is 38.9 Å². The van der Waals surface area contributed by atoms with Crippen LogP contribution in [0.2, 0.25) is 5.02 Å². The van der Waals surface area contributed by atoms with Gasteiger partial charge in [0.25, 0.3) is 0 Å². The second-order valence-corrected chi connectivity index (χ2v) is 11.9. The normalized spacial score (nSPS) is 13.3. The Bertz CT molecular complexity index is 1800. The van der Waals surface area contributed by atoms with Gasteiger partial charge < -0.3 is 15.2 Å². The lowest BCUT2D eigenvalue weighted by molar-refractivity contribution is -0.157. The minimum absolute atomic E-state index is 0.126. The van der Waals surface area contributed by atoms with E-state index in [-0.39, 0.29) is 6.61 Å². The topological polar surface area (TPSA) is 61.5 Å². The first-order chi connectivity index (χ1) is 22.9. The van der Waals surface area contributed by atoms with Crippen LogP contribution in [-0.4, -0.2) is 18.6 Å². The van der Waals surface area contributed by atoms with Gasteiger partial charge in [-0.15, -0.1) is 0 Å². The van der Waals surface area contributed by atoms with Crippen LogP contribution in [0.15, 0.2) is 170 Å². The van der Waals surface area contributed by atoms with Gasteiger partial charge in [0.1, 0.15) is 11.6 Å². The third-order valence-corrected chi connectivity index (χ3v) is 8.80. The highest BCUT2D eigenvalue weighted by atomic mass is 35.5. The predicted octanol–water partition coefficient (Wildman–Crippen LogP) is 8.82. The lowest BCUT2D eigenvalue weighted by atomic mass is 9.79. The van der Waals surface area contributed by atoms with Crippen LogP contribution in [0.4, 0.5) is 0 Å². The Balaban J connectivity index is 1.42. The van der Waals surface area contributed by atoms with Crippen LogP contribution >= 0.6 is 11.6 Å². The van der Waals surface area contributed by atoms with E-state index in [1.165, 1.54) is 0 Å². The van der Waals surface area contributed by atoms with Crippen LogP contribution < -0.4 is 5.73 Å². The number of carbonyl (C=O) groups excluding carboxylic acids is 1. The van der Waals surface area contributed by atoms with Crippen molar-refractivity contribution < 1.29 is 14.3 Å². The van der Waals surface area contributed by atoms with Crippen molar-refractivity contribution in [2.24, 2.45) is 5.73 Å². The van der Waals surface area contributed by atoms with Gasteiger partial charge in [0.05, 0.1) is 6.61 Å². The van der Waals surface area contributed by atoms with Gasteiger partial charge in [-0.2, -0.15) is 0 Å². The van der Waals surface area contributed by atoms with E-state index in [9.17, 15) is 4.79 Å². The molecule has 47 heavy (non-hydrogen) atoms. The van der Waals surface area contributed by atoms with Gasteiger partial charge in [0.15, 0.2) is 5.60 Å². The summed E-state index contributed by atoms with van der Waals surface area (Å²) in [5.74, 6) is -0.627. The number of benzene rings is 6. The zero-order valence-electron chi connectivity index (χ0n) is 26.1. The van der Waals surface area contributed by atoms with Crippen molar-refractivity contribution in [3.05, 3.63) is 214 Å². The first kappa shape index (κ1) is 32.0. The minimum atomic E-state index is -1.38. The quantitative estimate of drug-likeness (QED) is 0.114. The van der Waals surface area contributed by atoms with Crippen LogP contribution in [0.5, 0.6) is 0 Å². The molecule has 0 heterocycles. The van der Waals surface area contributed by atoms with Gasteiger partial charge >= 0.3 is 5.97 Å². The summed E-state index contributed by atoms with van der Waals surface area (Å²) in [5, 5.41) is 0.464. The molecule has 6 rings (SSSR count). The summed E-state index contributed by atoms with van der Waals surface area (Å²) in [5.41, 5.74) is 10.2. The molecular weight excluding hydrogens is 602 g/mol. The molecule has 5 heteroatoms. The molecule has 4 nitrogen and oxygen atoms in total. The zero-order valence-corrected chi connectivity index (χ0v) is 26.9. The number of rotatable bonds is 11. The number of hydrogen-bond acceptors (Lipinski definition) is 4. The molecular formula is C42H36ClNO3. The van der Waals surface area contributed by atoms with Crippen molar-refractivity contribution in [3.63, 3.8) is 0 Å². The molecule has 0 bridgehead atoms. The molecule has 0 aliphatic rings. The lowest BCUT2D eigenvalue weighted by Crippen LogP contribution is -2.46. The highest BCUT2D eigenvalue weighted by Crippen LogP contribution is 2.44. The fraction of sp³-hybridized carbons (Fsp3) is 0.119. The number of halogens is 1. The van der Waals surface area contributed by atoms with E-state index in [0.29, 0.717) is 10.6 Å². The molecule has 0 saturated carbocycles. The average molecular weight is 638 g/mol. The molecule has 0 aliphatic heterocycles. The second-order valence-electron chi connectivity index (χ2n) is 11.5. The van der Waals surface area contributed by atoms with E-state index in [2.05, 4.69) is 0 Å². The van der Waals surface area contributed by atoms with E-state index in [1.54, 1.807) is 6.07 Å². The summed E-state index contributed by atoms with van der Waals surface area (Å²) in [6.07, 6.45) is 0. The zero-order chi connectivity index (χ0) is 32.7. The van der Waals surface area contributed by atoms with Gasteiger partial charge in [-0.3, -0.25) is 4.79 Å². The van der Waals surface area contributed by atoms with Crippen molar-refractivity contribution in [1.82, 2.24) is 0 Å². The Morgan fingerprint density at radius 1 is 0.574 bits per heavy atom. The number of esters is 1. The molecule has 6 aromatic carbocycles. The first-order valence-electron chi connectivity index (χ1n) is 15.6. The standard InChI is InChI=1S/C42H36ClNO3/c1-31-26-28-36(29-27-31)42(35-22-12-5-13-23-35,37-24-14-15-25-38(37)43)47-40(45)39(44)30-46-41(32-16-6-2-7-17-32,33-18-8-3-9-19-33)34-20-10-4-11-21-34/h2-29,39H,30,44H2,1H3/t39-,42?/m0/s1. The predicted molar refractivity (Wildman–Crippen MR) is 188 cm³/mol. The van der Waals surface area contributed by atoms with Gasteiger partial charge in [-0.1, -0.05) is 181 Å². The molecule has 6 aromatic rings. The largest absolute Gasteiger partial charge is 0.443 e. The first-order valence-corrected chi connectivity index (χ1v) is 16.0. The van der Waals surface area contributed by atoms with Gasteiger partial charge in [-0.05, 0) is 29.7 Å². The average Bonchev–Trinajstić information content (AvgIpc) is 3.13. The molecule has 234 valence electrons. The molecule has 0 fully saturated rings. The van der Waals surface area contributed by atoms with Crippen LogP contribution in [0.25, 0.3) is 0 Å². The van der Waals surface area contributed by atoms with E-state index >= 15 is 0 Å². The van der Waals surface area contributed by atoms with Gasteiger partial charge in [-0.25, -0.2) is 0 Å². The number of carbonyl (C=O) groups is 1. The number of hydrogen-bond donors (Lipinski definition) is 1. The summed E-state index contributed by atoms with van der Waals surface area (Å²) in [4.78, 5) is 14.3. The summed E-state index contributed by atoms with van der Waals surface area (Å²) in [6, 6.07) is 53.8. The third-order valence-electron chi connectivity index (χ3n) is 8.47. The maximum Gasteiger partial charge on any atom is 0.326 e. The highest BCUT2D eigenvalue weighted by molar-refractivity contribution is 6.31. The molecule has 0 amide bonds. The van der Waals surface area contributed by atoms with Crippen molar-refractivity contribution in [2.75, 3.05) is 6.61 Å². The van der Waals surface area contributed by atoms with Crippen molar-refractivity contribution in [1.29, 1.82) is 0 Å². The Kier molecular flexibility index (Phi) is 9.65. The Morgan fingerprint density at radius 3 is 1.40 bits per heavy atom. The fourth-order valence-corrected chi connectivity index (χ4v) is 6.41. The smallest absolute Gasteiger partial charge is 0.326 e. The fourth-order valence-electron chi connectivity index (χ4n) is 6.14. The van der Waals surface area contributed by atoms with Gasteiger partial charge in [0, 0.05) is 21.7 Å². The summed E-state index contributed by atoms with van der Waals surface area (Å²) >= 11 is 6.88. The second kappa shape index (κ2) is 14.2. The van der Waals surface area contributed by atoms with Crippen LogP contribution in [-0.2, 0) is 25.5 Å². The van der Waals surface area contributed by atoms with Gasteiger partial charge in [0.2, 0.25) is 0 Å². The van der Waals surface area contributed by atoms with E-state index < -0.39 is 23.2 Å². The van der Waals surface area contributed by atoms with E-state index in [1.807, 2.05) is 171 Å². The van der Waals surface area contributed by atoms with Crippen molar-refractivity contribution in [3.8, 4) is 0 Å². The van der Waals surface area contributed by atoms with Crippen molar-refractivity contribution in [2.45, 2.75) is 24.2 Å². The molecule has 1 unspecified atom stereocenters. The molecule has 2 N–H and O–H groups in total. The van der Waals surface area contributed by atoms with E-state index in [4.69, 9.17) is 26.8 Å². The SMILES string of the molecule is Cc1ccc(C(OC(=O)[C@@H](N)COC(c2ccccc2)(c2ccccc2)c2ccccc2)(c2ccccc2)c2ccccc2Cl)cc1. The van der Waals surface area contributed by atoms with E-state index in [0.717, 1.165) is 33.4 Å². The highest BCUT2D eigenvalue weighted by Gasteiger charge is 2.44. The minimum Gasteiger partial charge on any atom is -0.443 e. The maximum atomic E-state index is 14.3. The molecule has 0 radical (unpaired) electrons. The third kappa shape index (κ3) is 6.36. The monoisotopic (exact) mass is 637 g/mol. The Hall–Kier alpha value is -5.00. The Labute approximate surface area is 281 Å². The number of ether oxygens (including phenoxy) is 2.